The quantitative estimate of drug-likeness (QED) is 0.167. The molecule has 0 saturated heterocycles. The van der Waals surface area contributed by atoms with Crippen LogP contribution >= 0.6 is 0 Å². The van der Waals surface area contributed by atoms with Gasteiger partial charge in [-0.05, 0) is 77.3 Å². The Morgan fingerprint density at radius 3 is 0.806 bits per heavy atom. The topological polar surface area (TPSA) is 64.6 Å². The molecule has 4 nitrogen and oxygen atoms in total. The molecule has 7 rings (SSSR count). The monoisotopic (exact) mass is 826 g/mol. The smallest absolute Gasteiger partial charge is 0.126 e. The van der Waals surface area contributed by atoms with Crippen molar-refractivity contribution in [2.24, 2.45) is 0 Å². The maximum atomic E-state index is 15.2. The summed E-state index contributed by atoms with van der Waals surface area (Å²) < 4.78 is 13.8. The van der Waals surface area contributed by atoms with E-state index in [2.05, 4.69) is 156 Å². The summed E-state index contributed by atoms with van der Waals surface area (Å²) in [5, 5.41) is 30.3. The van der Waals surface area contributed by atoms with Crippen LogP contribution in [0.3, 0.4) is 0 Å². The van der Waals surface area contributed by atoms with Crippen LogP contribution in [0.15, 0.2) is 109 Å². The van der Waals surface area contributed by atoms with Crippen LogP contribution in [0.1, 0.15) is 161 Å². The highest BCUT2D eigenvalue weighted by Gasteiger charge is 2.27. The molecule has 0 atom stereocenters. The van der Waals surface area contributed by atoms with E-state index in [1.165, 1.54) is 0 Å². The lowest BCUT2D eigenvalue weighted by Crippen LogP contribution is -2.18. The van der Waals surface area contributed by atoms with Gasteiger partial charge < -0.3 is 19.7 Å². The van der Waals surface area contributed by atoms with E-state index in [1.54, 1.807) is 0 Å². The van der Waals surface area contributed by atoms with Crippen molar-refractivity contribution >= 4 is 0 Å². The van der Waals surface area contributed by atoms with Crippen molar-refractivity contribution in [1.29, 1.82) is 0 Å². The molecule has 1 aliphatic rings. The summed E-state index contributed by atoms with van der Waals surface area (Å²) in [5.74, 6) is 1.57. The van der Waals surface area contributed by atoms with E-state index in [1.807, 2.05) is 36.4 Å². The van der Waals surface area contributed by atoms with Gasteiger partial charge in [0.25, 0.3) is 0 Å². The first kappa shape index (κ1) is 44.6. The maximum Gasteiger partial charge on any atom is 0.126 e. The van der Waals surface area contributed by atoms with Gasteiger partial charge in [0.05, 0.1) is 0 Å². The van der Waals surface area contributed by atoms with E-state index in [9.17, 15) is 0 Å². The van der Waals surface area contributed by atoms with Crippen molar-refractivity contribution in [2.45, 2.75) is 144 Å². The fourth-order valence-corrected chi connectivity index (χ4v) is 8.45. The molecule has 0 fully saturated rings. The molecule has 324 valence electrons. The molecule has 6 aromatic rings. The molecule has 1 aliphatic carbocycles. The maximum absolute atomic E-state index is 15.2. The van der Waals surface area contributed by atoms with Crippen LogP contribution in [0, 0.1) is 0 Å². The average molecular weight is 827 g/mol. The predicted octanol–water partition coefficient (Wildman–Crippen LogP) is 12.9. The van der Waals surface area contributed by atoms with Crippen LogP contribution in [-0.2, 0) is 60.6 Å². The molecular weight excluding hydrogens is 761 g/mol. The van der Waals surface area contributed by atoms with E-state index in [4.69, 9.17) is 9.47 Å². The lowest BCUT2D eigenvalue weighted by atomic mass is 9.79. The van der Waals surface area contributed by atoms with E-state index >= 15 is 10.2 Å². The predicted molar refractivity (Wildman–Crippen MR) is 252 cm³/mol. The third-order valence-electron chi connectivity index (χ3n) is 12.4. The van der Waals surface area contributed by atoms with Crippen molar-refractivity contribution in [2.75, 3.05) is 0 Å². The van der Waals surface area contributed by atoms with Gasteiger partial charge in [-0.1, -0.05) is 215 Å². The fourth-order valence-electron chi connectivity index (χ4n) is 8.45. The lowest BCUT2D eigenvalue weighted by molar-refractivity contribution is -0.271. The van der Waals surface area contributed by atoms with Crippen LogP contribution in [0.25, 0.3) is 0 Å². The summed E-state index contributed by atoms with van der Waals surface area (Å²) in [4.78, 5) is 0. The Bertz CT molecular complexity index is 2280. The SMILES string of the molecule is CC(C)(C)c1cc2c([O-])c(c1)Cc1cc(C(C)(C)C)cc(c1OCc1ccccc1)Cc1cc(C(C)(C)C)cc(c1[O-])Cc1cc(C(C)(C)C)cc(c1OCc1ccccc1)C2. The molecule has 8 bridgehead atoms. The van der Waals surface area contributed by atoms with Crippen molar-refractivity contribution in [1.82, 2.24) is 0 Å². The summed E-state index contributed by atoms with van der Waals surface area (Å²) >= 11 is 0. The van der Waals surface area contributed by atoms with Gasteiger partial charge in [-0.15, -0.1) is 11.5 Å². The molecule has 62 heavy (non-hydrogen) atoms. The Labute approximate surface area is 372 Å². The molecule has 0 aliphatic heterocycles. The van der Waals surface area contributed by atoms with Gasteiger partial charge in [-0.3, -0.25) is 0 Å². The second-order valence-corrected chi connectivity index (χ2v) is 21.8. The standard InChI is InChI=1S/C58H68O4/c1-55(2,3)47-27-39-23-43-31-49(57(7,8)9)33-45(53(43)61-35-37-19-15-13-16-20-37)25-41-29-48(56(4,5)6)30-42(52(41)60)26-46-34-50(58(10,11)12)32-44(24-40(28-47)51(39)59)54(46)62-36-38-21-17-14-18-22-38/h13-22,27-34,59-60H,23-26,35-36H2,1-12H3/p-2. The second kappa shape index (κ2) is 17.0. The molecule has 4 heteroatoms. The molecule has 0 N–H and O–H groups in total. The van der Waals surface area contributed by atoms with Crippen molar-refractivity contribution in [3.05, 3.63) is 187 Å². The molecule has 0 spiro atoms. The zero-order chi connectivity index (χ0) is 44.8. The Balaban J connectivity index is 1.55. The van der Waals surface area contributed by atoms with Crippen LogP contribution in [-0.4, -0.2) is 0 Å². The normalized spacial score (nSPS) is 13.5. The second-order valence-electron chi connectivity index (χ2n) is 21.8. The summed E-state index contributed by atoms with van der Waals surface area (Å²) in [6.45, 7) is 27.3. The summed E-state index contributed by atoms with van der Waals surface area (Å²) in [5.41, 5.74) is 12.5. The van der Waals surface area contributed by atoms with Gasteiger partial charge in [-0.25, -0.2) is 0 Å². The summed E-state index contributed by atoms with van der Waals surface area (Å²) in [7, 11) is 0. The lowest BCUT2D eigenvalue weighted by Gasteiger charge is -2.31. The van der Waals surface area contributed by atoms with Gasteiger partial charge in [-0.2, -0.15) is 0 Å². The molecule has 0 saturated carbocycles. The van der Waals surface area contributed by atoms with Crippen molar-refractivity contribution < 1.29 is 19.7 Å². The van der Waals surface area contributed by atoms with E-state index in [0.29, 0.717) is 38.9 Å². The van der Waals surface area contributed by atoms with Crippen LogP contribution in [0.5, 0.6) is 23.0 Å². The number of ether oxygens (including phenoxy) is 2. The first-order chi connectivity index (χ1) is 29.0. The largest absolute Gasteiger partial charge is 0.872 e. The summed E-state index contributed by atoms with van der Waals surface area (Å²) in [6.07, 6.45) is 1.55. The number of rotatable bonds is 6. The van der Waals surface area contributed by atoms with Gasteiger partial charge >= 0.3 is 0 Å². The highest BCUT2D eigenvalue weighted by molar-refractivity contribution is 5.59. The molecule has 0 radical (unpaired) electrons. The molecule has 0 amide bonds. The third-order valence-corrected chi connectivity index (χ3v) is 12.4. The van der Waals surface area contributed by atoms with E-state index in [0.717, 1.165) is 89.4 Å². The number of hydrogen-bond donors (Lipinski definition) is 0. The zero-order valence-corrected chi connectivity index (χ0v) is 39.3. The highest BCUT2D eigenvalue weighted by Crippen LogP contribution is 2.43. The number of benzene rings is 6. The zero-order valence-electron chi connectivity index (χ0n) is 39.3. The van der Waals surface area contributed by atoms with Crippen molar-refractivity contribution in [3.8, 4) is 23.0 Å². The van der Waals surface area contributed by atoms with E-state index in [-0.39, 0.29) is 33.2 Å². The molecule has 0 heterocycles. The molecule has 6 aromatic carbocycles. The van der Waals surface area contributed by atoms with Crippen LogP contribution in [0.2, 0.25) is 0 Å². The van der Waals surface area contributed by atoms with Crippen molar-refractivity contribution in [3.63, 3.8) is 0 Å². The first-order valence-corrected chi connectivity index (χ1v) is 22.4. The third kappa shape index (κ3) is 10.1. The average Bonchev–Trinajstić information content (AvgIpc) is 3.18. The van der Waals surface area contributed by atoms with Gasteiger partial charge in [0.15, 0.2) is 0 Å². The van der Waals surface area contributed by atoms with Crippen LogP contribution < -0.4 is 19.7 Å². The Morgan fingerprint density at radius 1 is 0.355 bits per heavy atom. The minimum Gasteiger partial charge on any atom is -0.872 e. The van der Waals surface area contributed by atoms with Gasteiger partial charge in [0.2, 0.25) is 0 Å². The number of hydrogen-bond acceptors (Lipinski definition) is 4. The Hall–Kier alpha value is -5.48. The molecular formula is C58H66O4-2. The first-order valence-electron chi connectivity index (χ1n) is 22.4. The Kier molecular flexibility index (Phi) is 12.2. The van der Waals surface area contributed by atoms with Crippen LogP contribution in [0.4, 0.5) is 0 Å². The summed E-state index contributed by atoms with van der Waals surface area (Å²) in [6, 6.07) is 37.8. The highest BCUT2D eigenvalue weighted by atomic mass is 16.5. The minimum atomic E-state index is -0.216. The number of fused-ring (bicyclic) bond motifs is 8. The molecule has 0 aromatic heterocycles. The van der Waals surface area contributed by atoms with Gasteiger partial charge in [0, 0.05) is 25.7 Å². The van der Waals surface area contributed by atoms with Gasteiger partial charge in [0.1, 0.15) is 24.7 Å². The Morgan fingerprint density at radius 2 is 0.581 bits per heavy atom. The molecule has 0 unspecified atom stereocenters. The minimum absolute atomic E-state index is 0.0421. The fraction of sp³-hybridized carbons (Fsp3) is 0.379. The van der Waals surface area contributed by atoms with E-state index < -0.39 is 0 Å².